The van der Waals surface area contributed by atoms with Gasteiger partial charge in [0, 0.05) is 24.0 Å². The zero-order valence-corrected chi connectivity index (χ0v) is 11.0. The molecule has 0 unspecified atom stereocenters. The van der Waals surface area contributed by atoms with Gasteiger partial charge in [0.15, 0.2) is 0 Å². The van der Waals surface area contributed by atoms with Crippen molar-refractivity contribution in [3.63, 3.8) is 0 Å². The summed E-state index contributed by atoms with van der Waals surface area (Å²) >= 11 is 11.5. The van der Waals surface area contributed by atoms with Gasteiger partial charge >= 0.3 is 0 Å². The fourth-order valence-electron chi connectivity index (χ4n) is 1.38. The minimum Gasteiger partial charge on any atom is -0.348 e. The third kappa shape index (κ3) is 2.80. The van der Waals surface area contributed by atoms with Crippen molar-refractivity contribution < 1.29 is 4.79 Å². The molecule has 2 N–H and O–H groups in total. The second kappa shape index (κ2) is 5.37. The third-order valence-electron chi connectivity index (χ3n) is 2.43. The molecule has 2 aromatic rings. The summed E-state index contributed by atoms with van der Waals surface area (Å²) in [7, 11) is 0. The number of carbonyl (C=O) groups excluding carboxylic acids is 1. The van der Waals surface area contributed by atoms with Gasteiger partial charge in [0.25, 0.3) is 5.91 Å². The van der Waals surface area contributed by atoms with Crippen LogP contribution in [0.2, 0.25) is 10.2 Å². The lowest BCUT2D eigenvalue weighted by molar-refractivity contribution is 0.0950. The molecule has 2 aromatic heterocycles. The molecule has 0 fully saturated rings. The molecule has 18 heavy (non-hydrogen) atoms. The Labute approximate surface area is 114 Å². The van der Waals surface area contributed by atoms with E-state index in [4.69, 9.17) is 23.2 Å². The molecular formula is C11H10Cl2N4O. The van der Waals surface area contributed by atoms with E-state index >= 15 is 0 Å². The quantitative estimate of drug-likeness (QED) is 0.850. The summed E-state index contributed by atoms with van der Waals surface area (Å²) in [5, 5.41) is 9.85. The standard InChI is InChI=1S/C11H10Cl2N4O/c1-6-8(5-16-17-6)4-15-11(18)7-2-9(12)10(13)14-3-7/h2-3,5H,4H2,1H3,(H,15,18)(H,16,17). The Hall–Kier alpha value is -1.59. The van der Waals surface area contributed by atoms with E-state index in [1.165, 1.54) is 12.3 Å². The molecule has 0 aliphatic carbocycles. The highest BCUT2D eigenvalue weighted by Gasteiger charge is 2.09. The van der Waals surface area contributed by atoms with E-state index in [1.807, 2.05) is 6.92 Å². The van der Waals surface area contributed by atoms with Gasteiger partial charge in [-0.25, -0.2) is 4.98 Å². The number of pyridine rings is 1. The second-order valence-corrected chi connectivity index (χ2v) is 4.46. The van der Waals surface area contributed by atoms with Crippen LogP contribution in [-0.4, -0.2) is 21.1 Å². The summed E-state index contributed by atoms with van der Waals surface area (Å²) in [6, 6.07) is 1.48. The predicted molar refractivity (Wildman–Crippen MR) is 68.8 cm³/mol. The van der Waals surface area contributed by atoms with Gasteiger partial charge in [0.2, 0.25) is 0 Å². The maximum atomic E-state index is 11.8. The smallest absolute Gasteiger partial charge is 0.253 e. The van der Waals surface area contributed by atoms with E-state index in [2.05, 4.69) is 20.5 Å². The van der Waals surface area contributed by atoms with Gasteiger partial charge in [0.05, 0.1) is 16.8 Å². The molecule has 2 heterocycles. The Morgan fingerprint density at radius 1 is 1.44 bits per heavy atom. The number of nitrogens with one attached hydrogen (secondary N) is 2. The number of amides is 1. The first-order valence-electron chi connectivity index (χ1n) is 5.16. The molecule has 0 saturated carbocycles. The Kier molecular flexibility index (Phi) is 3.84. The number of aryl methyl sites for hydroxylation is 1. The van der Waals surface area contributed by atoms with E-state index in [0.29, 0.717) is 12.1 Å². The fraction of sp³-hybridized carbons (Fsp3) is 0.182. The monoisotopic (exact) mass is 284 g/mol. The summed E-state index contributed by atoms with van der Waals surface area (Å²) in [4.78, 5) is 15.6. The molecule has 0 aliphatic heterocycles. The SMILES string of the molecule is Cc1[nH]ncc1CNC(=O)c1cnc(Cl)c(Cl)c1. The van der Waals surface area contributed by atoms with Crippen molar-refractivity contribution in [2.45, 2.75) is 13.5 Å². The van der Waals surface area contributed by atoms with E-state index < -0.39 is 0 Å². The van der Waals surface area contributed by atoms with Crippen LogP contribution in [0, 0.1) is 6.92 Å². The van der Waals surface area contributed by atoms with Crippen LogP contribution in [0.5, 0.6) is 0 Å². The fourth-order valence-corrected chi connectivity index (χ4v) is 1.65. The predicted octanol–water partition coefficient (Wildman–Crippen LogP) is 2.35. The third-order valence-corrected chi connectivity index (χ3v) is 3.12. The van der Waals surface area contributed by atoms with Crippen LogP contribution >= 0.6 is 23.2 Å². The summed E-state index contributed by atoms with van der Waals surface area (Å²) in [5.74, 6) is -0.262. The molecule has 7 heteroatoms. The van der Waals surface area contributed by atoms with Crippen LogP contribution < -0.4 is 5.32 Å². The van der Waals surface area contributed by atoms with Gasteiger partial charge in [-0.05, 0) is 13.0 Å². The molecule has 0 aliphatic rings. The van der Waals surface area contributed by atoms with Gasteiger partial charge in [-0.1, -0.05) is 23.2 Å². The Bertz CT molecular complexity index is 582. The summed E-state index contributed by atoms with van der Waals surface area (Å²) in [6.07, 6.45) is 3.05. The van der Waals surface area contributed by atoms with Crippen LogP contribution in [0.1, 0.15) is 21.6 Å². The molecule has 0 radical (unpaired) electrons. The first kappa shape index (κ1) is 12.9. The highest BCUT2D eigenvalue weighted by Crippen LogP contribution is 2.19. The van der Waals surface area contributed by atoms with Crippen molar-refractivity contribution in [2.24, 2.45) is 0 Å². The first-order chi connectivity index (χ1) is 8.58. The summed E-state index contributed by atoms with van der Waals surface area (Å²) in [5.41, 5.74) is 2.21. The number of H-pyrrole nitrogens is 1. The molecule has 1 amide bonds. The normalized spacial score (nSPS) is 10.4. The van der Waals surface area contributed by atoms with Crippen molar-refractivity contribution in [3.05, 3.63) is 45.5 Å². The van der Waals surface area contributed by atoms with Crippen molar-refractivity contribution in [2.75, 3.05) is 0 Å². The number of carbonyl (C=O) groups is 1. The lowest BCUT2D eigenvalue weighted by atomic mass is 10.2. The number of hydrogen-bond acceptors (Lipinski definition) is 3. The molecule has 0 spiro atoms. The van der Waals surface area contributed by atoms with E-state index in [9.17, 15) is 4.79 Å². The summed E-state index contributed by atoms with van der Waals surface area (Å²) < 4.78 is 0. The first-order valence-corrected chi connectivity index (χ1v) is 5.91. The number of aromatic nitrogens is 3. The molecule has 0 saturated heterocycles. The average molecular weight is 285 g/mol. The Morgan fingerprint density at radius 3 is 2.83 bits per heavy atom. The van der Waals surface area contributed by atoms with Crippen LogP contribution in [0.15, 0.2) is 18.5 Å². The topological polar surface area (TPSA) is 70.7 Å². The number of nitrogens with zero attached hydrogens (tertiary/aromatic N) is 2. The van der Waals surface area contributed by atoms with Gasteiger partial charge in [-0.15, -0.1) is 0 Å². The molecule has 2 rings (SSSR count). The summed E-state index contributed by atoms with van der Waals surface area (Å²) in [6.45, 7) is 2.27. The molecule has 5 nitrogen and oxygen atoms in total. The molecular weight excluding hydrogens is 275 g/mol. The lowest BCUT2D eigenvalue weighted by Gasteiger charge is -2.05. The van der Waals surface area contributed by atoms with Crippen molar-refractivity contribution in [1.29, 1.82) is 0 Å². The van der Waals surface area contributed by atoms with E-state index in [1.54, 1.807) is 6.20 Å². The molecule has 0 bridgehead atoms. The van der Waals surface area contributed by atoms with Gasteiger partial charge in [0.1, 0.15) is 5.15 Å². The van der Waals surface area contributed by atoms with Crippen molar-refractivity contribution in [1.82, 2.24) is 20.5 Å². The minimum atomic E-state index is -0.262. The van der Waals surface area contributed by atoms with Crippen LogP contribution in [0.25, 0.3) is 0 Å². The molecule has 94 valence electrons. The highest BCUT2D eigenvalue weighted by atomic mass is 35.5. The van der Waals surface area contributed by atoms with E-state index in [0.717, 1.165) is 11.3 Å². The maximum Gasteiger partial charge on any atom is 0.253 e. The van der Waals surface area contributed by atoms with Crippen LogP contribution in [0.3, 0.4) is 0 Å². The van der Waals surface area contributed by atoms with Gasteiger partial charge < -0.3 is 5.32 Å². The van der Waals surface area contributed by atoms with E-state index in [-0.39, 0.29) is 16.1 Å². The van der Waals surface area contributed by atoms with Gasteiger partial charge in [-0.2, -0.15) is 5.10 Å². The number of rotatable bonds is 3. The van der Waals surface area contributed by atoms with Crippen molar-refractivity contribution >= 4 is 29.1 Å². The Balaban J connectivity index is 2.04. The largest absolute Gasteiger partial charge is 0.348 e. The minimum absolute atomic E-state index is 0.180. The molecule has 0 aromatic carbocycles. The lowest BCUT2D eigenvalue weighted by Crippen LogP contribution is -2.23. The highest BCUT2D eigenvalue weighted by molar-refractivity contribution is 6.41. The maximum absolute atomic E-state index is 11.8. The number of hydrogen-bond donors (Lipinski definition) is 2. The zero-order valence-electron chi connectivity index (χ0n) is 9.50. The number of aromatic amines is 1. The molecule has 0 atom stereocenters. The average Bonchev–Trinajstić information content (AvgIpc) is 2.75. The van der Waals surface area contributed by atoms with Gasteiger partial charge in [-0.3, -0.25) is 9.89 Å². The second-order valence-electron chi connectivity index (χ2n) is 3.70. The van der Waals surface area contributed by atoms with Crippen LogP contribution in [-0.2, 0) is 6.54 Å². The zero-order chi connectivity index (χ0) is 13.1. The Morgan fingerprint density at radius 2 is 2.22 bits per heavy atom. The van der Waals surface area contributed by atoms with Crippen molar-refractivity contribution in [3.8, 4) is 0 Å². The van der Waals surface area contributed by atoms with Crippen LogP contribution in [0.4, 0.5) is 0 Å². The number of halogens is 2.